The van der Waals surface area contributed by atoms with Crippen LogP contribution in [0.5, 0.6) is 0 Å². The molecule has 0 aliphatic carbocycles. The van der Waals surface area contributed by atoms with Gasteiger partial charge < -0.3 is 10.5 Å². The first-order valence-corrected chi connectivity index (χ1v) is 6.24. The molecule has 0 spiro atoms. The lowest BCUT2D eigenvalue weighted by molar-refractivity contribution is 0.0454. The number of ether oxygens (including phenoxy) is 1. The lowest BCUT2D eigenvalue weighted by Crippen LogP contribution is -2.40. The van der Waals surface area contributed by atoms with Crippen LogP contribution in [-0.2, 0) is 10.3 Å². The molecular formula is C12H14N2OS. The number of nitrogens with two attached hydrogens (primary N) is 1. The van der Waals surface area contributed by atoms with Crippen molar-refractivity contribution >= 4 is 11.8 Å². The maximum Gasteiger partial charge on any atom is 0.138 e. The summed E-state index contributed by atoms with van der Waals surface area (Å²) in [7, 11) is 0. The van der Waals surface area contributed by atoms with Gasteiger partial charge in [-0.15, -0.1) is 0 Å². The maximum atomic E-state index is 9.22. The zero-order valence-corrected chi connectivity index (χ0v) is 9.74. The predicted molar refractivity (Wildman–Crippen MR) is 65.0 cm³/mol. The van der Waals surface area contributed by atoms with Crippen LogP contribution in [-0.4, -0.2) is 24.2 Å². The first kappa shape index (κ1) is 11.5. The summed E-state index contributed by atoms with van der Waals surface area (Å²) in [5, 5.41) is 9.72. The molecule has 0 amide bonds. The maximum absolute atomic E-state index is 9.22. The number of hydrogen-bond donors (Lipinski definition) is 1. The Morgan fingerprint density at radius 1 is 1.44 bits per heavy atom. The highest BCUT2D eigenvalue weighted by Crippen LogP contribution is 2.27. The highest BCUT2D eigenvalue weighted by Gasteiger charge is 2.30. The van der Waals surface area contributed by atoms with Gasteiger partial charge in [0.25, 0.3) is 0 Å². The summed E-state index contributed by atoms with van der Waals surface area (Å²) in [5.74, 6) is 0.613. The third-order valence-corrected chi connectivity index (χ3v) is 4.01. The largest absolute Gasteiger partial charge is 0.379 e. The monoisotopic (exact) mass is 234 g/mol. The summed E-state index contributed by atoms with van der Waals surface area (Å²) < 4.78 is 5.09. The molecule has 16 heavy (non-hydrogen) atoms. The Hall–Kier alpha value is -1.02. The second kappa shape index (κ2) is 4.88. The topological polar surface area (TPSA) is 59.0 Å². The van der Waals surface area contributed by atoms with Gasteiger partial charge in [0, 0.05) is 5.75 Å². The van der Waals surface area contributed by atoms with Crippen molar-refractivity contribution in [2.45, 2.75) is 10.8 Å². The van der Waals surface area contributed by atoms with Crippen molar-refractivity contribution in [2.75, 3.05) is 19.0 Å². The van der Waals surface area contributed by atoms with E-state index >= 15 is 0 Å². The zero-order chi connectivity index (χ0) is 11.4. The Bertz CT molecular complexity index is 386. The van der Waals surface area contributed by atoms with Crippen LogP contribution in [0, 0.1) is 11.3 Å². The average Bonchev–Trinajstić information content (AvgIpc) is 2.28. The van der Waals surface area contributed by atoms with E-state index in [0.717, 1.165) is 18.8 Å². The van der Waals surface area contributed by atoms with E-state index < -0.39 is 5.54 Å². The molecule has 0 saturated carbocycles. The van der Waals surface area contributed by atoms with Crippen molar-refractivity contribution < 1.29 is 4.74 Å². The fourth-order valence-corrected chi connectivity index (χ4v) is 2.59. The molecule has 0 bridgehead atoms. The van der Waals surface area contributed by atoms with E-state index in [1.165, 1.54) is 0 Å². The van der Waals surface area contributed by atoms with Crippen molar-refractivity contribution in [3.05, 3.63) is 35.9 Å². The molecule has 1 aromatic rings. The fraction of sp³-hybridized carbons (Fsp3) is 0.417. The second-order valence-corrected chi connectivity index (χ2v) is 5.21. The van der Waals surface area contributed by atoms with Crippen molar-refractivity contribution in [3.63, 3.8) is 0 Å². The molecule has 2 N–H and O–H groups in total. The molecule has 1 aromatic carbocycles. The molecule has 1 fully saturated rings. The molecule has 0 radical (unpaired) electrons. The van der Waals surface area contributed by atoms with Crippen LogP contribution < -0.4 is 5.73 Å². The zero-order valence-electron chi connectivity index (χ0n) is 8.93. The fourth-order valence-electron chi connectivity index (χ4n) is 1.48. The van der Waals surface area contributed by atoms with Gasteiger partial charge in [-0.1, -0.05) is 30.3 Å². The number of thioether (sulfide) groups is 1. The van der Waals surface area contributed by atoms with Crippen LogP contribution in [0.15, 0.2) is 30.3 Å². The smallest absolute Gasteiger partial charge is 0.138 e. The van der Waals surface area contributed by atoms with Crippen LogP contribution >= 0.6 is 11.8 Å². The lowest BCUT2D eigenvalue weighted by atomic mass is 9.95. The first-order valence-electron chi connectivity index (χ1n) is 5.19. The molecule has 2 rings (SSSR count). The van der Waals surface area contributed by atoms with Gasteiger partial charge >= 0.3 is 0 Å². The molecule has 1 unspecified atom stereocenters. The van der Waals surface area contributed by atoms with Gasteiger partial charge in [-0.25, -0.2) is 0 Å². The van der Waals surface area contributed by atoms with Gasteiger partial charge in [-0.3, -0.25) is 0 Å². The normalized spacial score (nSPS) is 19.5. The molecule has 1 saturated heterocycles. The quantitative estimate of drug-likeness (QED) is 0.857. The van der Waals surface area contributed by atoms with E-state index in [9.17, 15) is 5.26 Å². The minimum atomic E-state index is -0.887. The summed E-state index contributed by atoms with van der Waals surface area (Å²) in [6.45, 7) is 1.56. The van der Waals surface area contributed by atoms with Crippen LogP contribution in [0.25, 0.3) is 0 Å². The number of benzene rings is 1. The van der Waals surface area contributed by atoms with E-state index in [-0.39, 0.29) is 0 Å². The van der Waals surface area contributed by atoms with Crippen molar-refractivity contribution in [1.82, 2.24) is 0 Å². The molecule has 4 heteroatoms. The van der Waals surface area contributed by atoms with Gasteiger partial charge in [0.2, 0.25) is 0 Å². The number of rotatable bonds is 4. The van der Waals surface area contributed by atoms with Gasteiger partial charge in [-0.2, -0.15) is 17.0 Å². The van der Waals surface area contributed by atoms with E-state index in [0.29, 0.717) is 11.0 Å². The molecule has 1 aliphatic rings. The van der Waals surface area contributed by atoms with Crippen LogP contribution in [0.2, 0.25) is 0 Å². The minimum absolute atomic E-state index is 0.500. The Labute approximate surface area is 99.6 Å². The summed E-state index contributed by atoms with van der Waals surface area (Å²) in [5.41, 5.74) is 6.12. The standard InChI is InChI=1S/C12H14N2OS/c13-8-12(14,9-16-11-6-15-7-11)10-4-2-1-3-5-10/h1-5,11H,6-7,9,14H2. The van der Waals surface area contributed by atoms with Crippen molar-refractivity contribution in [2.24, 2.45) is 5.73 Å². The molecule has 84 valence electrons. The van der Waals surface area contributed by atoms with Crippen molar-refractivity contribution in [1.29, 1.82) is 5.26 Å². The Kier molecular flexibility index (Phi) is 3.49. The van der Waals surface area contributed by atoms with Gasteiger partial charge in [0.05, 0.1) is 24.5 Å². The highest BCUT2D eigenvalue weighted by atomic mass is 32.2. The second-order valence-electron chi connectivity index (χ2n) is 3.92. The molecule has 3 nitrogen and oxygen atoms in total. The summed E-state index contributed by atoms with van der Waals surface area (Å²) in [6.07, 6.45) is 0. The Morgan fingerprint density at radius 2 is 2.12 bits per heavy atom. The third kappa shape index (κ3) is 2.38. The Morgan fingerprint density at radius 3 is 2.62 bits per heavy atom. The molecule has 0 aromatic heterocycles. The molecular weight excluding hydrogens is 220 g/mol. The van der Waals surface area contributed by atoms with E-state index in [4.69, 9.17) is 10.5 Å². The van der Waals surface area contributed by atoms with Crippen LogP contribution in [0.4, 0.5) is 0 Å². The number of hydrogen-bond acceptors (Lipinski definition) is 4. The number of nitriles is 1. The third-order valence-electron chi connectivity index (χ3n) is 2.64. The van der Waals surface area contributed by atoms with Gasteiger partial charge in [0.1, 0.15) is 5.54 Å². The lowest BCUT2D eigenvalue weighted by Gasteiger charge is -2.29. The minimum Gasteiger partial charge on any atom is -0.379 e. The van der Waals surface area contributed by atoms with Crippen LogP contribution in [0.1, 0.15) is 5.56 Å². The molecule has 1 heterocycles. The average molecular weight is 234 g/mol. The van der Waals surface area contributed by atoms with Crippen LogP contribution in [0.3, 0.4) is 0 Å². The summed E-state index contributed by atoms with van der Waals surface area (Å²) in [6, 6.07) is 11.8. The first-order chi connectivity index (χ1) is 7.74. The predicted octanol–water partition coefficient (Wildman–Crippen LogP) is 1.50. The van der Waals surface area contributed by atoms with E-state index in [2.05, 4.69) is 6.07 Å². The highest BCUT2D eigenvalue weighted by molar-refractivity contribution is 8.00. The Balaban J connectivity index is 2.04. The van der Waals surface area contributed by atoms with Crippen molar-refractivity contribution in [3.8, 4) is 6.07 Å². The SMILES string of the molecule is N#CC(N)(CSC1COC1)c1ccccc1. The van der Waals surface area contributed by atoms with Gasteiger partial charge in [-0.05, 0) is 5.56 Å². The van der Waals surface area contributed by atoms with E-state index in [1.54, 1.807) is 11.8 Å². The van der Waals surface area contributed by atoms with E-state index in [1.807, 2.05) is 30.3 Å². The summed E-state index contributed by atoms with van der Waals surface area (Å²) in [4.78, 5) is 0. The van der Waals surface area contributed by atoms with Gasteiger partial charge in [0.15, 0.2) is 0 Å². The summed E-state index contributed by atoms with van der Waals surface area (Å²) >= 11 is 1.72. The molecule has 1 aliphatic heterocycles. The number of nitrogens with zero attached hydrogens (tertiary/aromatic N) is 1. The molecule has 1 atom stereocenters.